The van der Waals surface area contributed by atoms with Crippen molar-refractivity contribution in [1.82, 2.24) is 0 Å². The minimum Gasteiger partial charge on any atom is -0.454 e. The van der Waals surface area contributed by atoms with Gasteiger partial charge in [0.2, 0.25) is 0 Å². The molecule has 0 aromatic carbocycles. The van der Waals surface area contributed by atoms with E-state index in [4.69, 9.17) is 23.7 Å². The Kier molecular flexibility index (Phi) is 4.79. The van der Waals surface area contributed by atoms with Crippen LogP contribution in [0, 0.1) is 23.7 Å². The van der Waals surface area contributed by atoms with E-state index < -0.39 is 12.1 Å². The third kappa shape index (κ3) is 3.35. The normalized spacial score (nSPS) is 47.2. The predicted molar refractivity (Wildman–Crippen MR) is 95.8 cm³/mol. The van der Waals surface area contributed by atoms with Gasteiger partial charge in [-0.2, -0.15) is 0 Å². The molecular formula is C21H30O6. The Bertz CT molecular complexity index is 575. The summed E-state index contributed by atoms with van der Waals surface area (Å²) in [4.78, 5) is 11.8. The third-order valence-corrected chi connectivity index (χ3v) is 7.25. The van der Waals surface area contributed by atoms with E-state index >= 15 is 0 Å². The lowest BCUT2D eigenvalue weighted by atomic mass is 9.55. The van der Waals surface area contributed by atoms with Crippen LogP contribution in [0.4, 0.5) is 0 Å². The molecule has 6 aliphatic rings. The number of hydrogen-bond acceptors (Lipinski definition) is 6. The minimum absolute atomic E-state index is 0.166. The summed E-state index contributed by atoms with van der Waals surface area (Å²) in [5.74, 6) is 2.95. The SMILES string of the molecule is C=C(C)C(=O)OC1COC2C(OCOC3C4CC5CC(C4)CC3C5)COC12. The fourth-order valence-electron chi connectivity index (χ4n) is 6.26. The highest BCUT2D eigenvalue weighted by atomic mass is 16.7. The van der Waals surface area contributed by atoms with Gasteiger partial charge in [0, 0.05) is 5.57 Å². The van der Waals surface area contributed by atoms with Crippen molar-refractivity contribution >= 4 is 5.97 Å². The Labute approximate surface area is 160 Å². The summed E-state index contributed by atoms with van der Waals surface area (Å²) >= 11 is 0. The third-order valence-electron chi connectivity index (χ3n) is 7.25. The molecule has 6 rings (SSSR count). The maximum absolute atomic E-state index is 11.8. The molecule has 0 spiro atoms. The zero-order valence-corrected chi connectivity index (χ0v) is 16.0. The number of fused-ring (bicyclic) bond motifs is 1. The van der Waals surface area contributed by atoms with Crippen LogP contribution in [0.3, 0.4) is 0 Å². The van der Waals surface area contributed by atoms with Crippen LogP contribution < -0.4 is 0 Å². The molecule has 0 N–H and O–H groups in total. The van der Waals surface area contributed by atoms with Gasteiger partial charge in [0.25, 0.3) is 0 Å². The number of esters is 1. The fourth-order valence-corrected chi connectivity index (χ4v) is 6.26. The first-order valence-electron chi connectivity index (χ1n) is 10.4. The lowest BCUT2D eigenvalue weighted by Gasteiger charge is -2.53. The van der Waals surface area contributed by atoms with Gasteiger partial charge in [-0.1, -0.05) is 6.58 Å². The van der Waals surface area contributed by atoms with Crippen LogP contribution in [0.1, 0.15) is 39.0 Å². The summed E-state index contributed by atoms with van der Waals surface area (Å²) in [5, 5.41) is 0. The molecule has 2 heterocycles. The largest absolute Gasteiger partial charge is 0.454 e. The van der Waals surface area contributed by atoms with Crippen molar-refractivity contribution in [3.8, 4) is 0 Å². The summed E-state index contributed by atoms with van der Waals surface area (Å²) in [6.07, 6.45) is 6.16. The quantitative estimate of drug-likeness (QED) is 0.402. The van der Waals surface area contributed by atoms with Crippen molar-refractivity contribution < 1.29 is 28.5 Å². The van der Waals surface area contributed by atoms with Crippen LogP contribution in [-0.4, -0.2) is 56.5 Å². The average Bonchev–Trinajstić information content (AvgIpc) is 3.20. The minimum atomic E-state index is -0.401. The highest BCUT2D eigenvalue weighted by Gasteiger charge is 2.51. The number of hydrogen-bond donors (Lipinski definition) is 0. The molecule has 150 valence electrons. The smallest absolute Gasteiger partial charge is 0.333 e. The molecule has 4 saturated carbocycles. The van der Waals surface area contributed by atoms with Gasteiger partial charge in [-0.25, -0.2) is 4.79 Å². The van der Waals surface area contributed by atoms with Crippen LogP contribution in [0.5, 0.6) is 0 Å². The first-order valence-corrected chi connectivity index (χ1v) is 10.4. The van der Waals surface area contributed by atoms with Crippen molar-refractivity contribution in [2.75, 3.05) is 20.0 Å². The van der Waals surface area contributed by atoms with E-state index in [2.05, 4.69) is 6.58 Å². The molecule has 4 unspecified atom stereocenters. The summed E-state index contributed by atoms with van der Waals surface area (Å²) in [6, 6.07) is 0. The molecule has 2 saturated heterocycles. The van der Waals surface area contributed by atoms with Gasteiger partial charge < -0.3 is 23.7 Å². The molecule has 0 radical (unpaired) electrons. The van der Waals surface area contributed by atoms with E-state index in [9.17, 15) is 4.79 Å². The van der Waals surface area contributed by atoms with Crippen molar-refractivity contribution in [2.24, 2.45) is 23.7 Å². The second-order valence-corrected chi connectivity index (χ2v) is 9.20. The average molecular weight is 378 g/mol. The Morgan fingerprint density at radius 1 is 0.926 bits per heavy atom. The first kappa shape index (κ1) is 18.1. The van der Waals surface area contributed by atoms with Crippen molar-refractivity contribution in [1.29, 1.82) is 0 Å². The maximum atomic E-state index is 11.8. The molecule has 27 heavy (non-hydrogen) atoms. The zero-order chi connectivity index (χ0) is 18.5. The zero-order valence-electron chi connectivity index (χ0n) is 16.0. The standard InChI is InChI=1S/C21H30O6/c1-11(2)21(22)27-17-9-24-19-16(8-23-20(17)19)25-10-26-18-14-4-12-3-13(6-14)7-15(18)5-12/h12-20H,1,3-10H2,2H3. The van der Waals surface area contributed by atoms with E-state index in [-0.39, 0.29) is 18.3 Å². The number of ether oxygens (including phenoxy) is 5. The van der Waals surface area contributed by atoms with E-state index in [1.54, 1.807) is 6.92 Å². The molecule has 0 aromatic heterocycles. The lowest BCUT2D eigenvalue weighted by molar-refractivity contribution is -0.194. The molecule has 4 bridgehead atoms. The molecule has 4 aliphatic carbocycles. The number of rotatable bonds is 6. The topological polar surface area (TPSA) is 63.2 Å². The molecule has 0 amide bonds. The van der Waals surface area contributed by atoms with Crippen molar-refractivity contribution in [2.45, 2.75) is 69.5 Å². The first-order chi connectivity index (χ1) is 13.1. The second kappa shape index (κ2) is 7.14. The molecule has 6 nitrogen and oxygen atoms in total. The highest BCUT2D eigenvalue weighted by Crippen LogP contribution is 2.54. The lowest BCUT2D eigenvalue weighted by Crippen LogP contribution is -2.49. The van der Waals surface area contributed by atoms with Gasteiger partial charge in [-0.05, 0) is 62.7 Å². The van der Waals surface area contributed by atoms with Crippen LogP contribution >= 0.6 is 0 Å². The summed E-state index contributed by atoms with van der Waals surface area (Å²) in [7, 11) is 0. The summed E-state index contributed by atoms with van der Waals surface area (Å²) in [6.45, 7) is 6.33. The Balaban J connectivity index is 1.10. The van der Waals surface area contributed by atoms with Gasteiger partial charge in [-0.3, -0.25) is 0 Å². The molecular weight excluding hydrogens is 348 g/mol. The van der Waals surface area contributed by atoms with E-state index in [0.29, 0.717) is 31.7 Å². The van der Waals surface area contributed by atoms with Crippen LogP contribution in [0.25, 0.3) is 0 Å². The van der Waals surface area contributed by atoms with Gasteiger partial charge in [0.1, 0.15) is 25.1 Å². The second-order valence-electron chi connectivity index (χ2n) is 9.20. The Morgan fingerprint density at radius 2 is 1.52 bits per heavy atom. The van der Waals surface area contributed by atoms with Gasteiger partial charge >= 0.3 is 5.97 Å². The van der Waals surface area contributed by atoms with Crippen LogP contribution in [0.15, 0.2) is 12.2 Å². The Morgan fingerprint density at radius 3 is 2.15 bits per heavy atom. The number of carbonyl (C=O) groups is 1. The van der Waals surface area contributed by atoms with Crippen LogP contribution in [-0.2, 0) is 28.5 Å². The maximum Gasteiger partial charge on any atom is 0.333 e. The van der Waals surface area contributed by atoms with Gasteiger partial charge in [-0.15, -0.1) is 0 Å². The Hall–Kier alpha value is -0.950. The van der Waals surface area contributed by atoms with E-state index in [0.717, 1.165) is 23.7 Å². The predicted octanol–water partition coefficient (Wildman–Crippen LogP) is 2.46. The van der Waals surface area contributed by atoms with Crippen LogP contribution in [0.2, 0.25) is 0 Å². The highest BCUT2D eigenvalue weighted by molar-refractivity contribution is 5.87. The molecule has 0 aromatic rings. The molecule has 4 atom stereocenters. The van der Waals surface area contributed by atoms with Crippen molar-refractivity contribution in [3.63, 3.8) is 0 Å². The molecule has 2 aliphatic heterocycles. The monoisotopic (exact) mass is 378 g/mol. The number of carbonyl (C=O) groups excluding carboxylic acids is 1. The van der Waals surface area contributed by atoms with Gasteiger partial charge in [0.15, 0.2) is 6.10 Å². The van der Waals surface area contributed by atoms with Crippen molar-refractivity contribution in [3.05, 3.63) is 12.2 Å². The van der Waals surface area contributed by atoms with E-state index in [1.165, 1.54) is 32.1 Å². The molecule has 6 fully saturated rings. The van der Waals surface area contributed by atoms with E-state index in [1.807, 2.05) is 0 Å². The summed E-state index contributed by atoms with van der Waals surface area (Å²) in [5.41, 5.74) is 0.383. The fraction of sp³-hybridized carbons (Fsp3) is 0.857. The van der Waals surface area contributed by atoms with Gasteiger partial charge in [0.05, 0.1) is 19.3 Å². The summed E-state index contributed by atoms with van der Waals surface area (Å²) < 4.78 is 29.3. The molecule has 6 heteroatoms.